The molecule has 0 aliphatic rings. The van der Waals surface area contributed by atoms with Crippen LogP contribution in [0.3, 0.4) is 0 Å². The smallest absolute Gasteiger partial charge is 0.227 e. The van der Waals surface area contributed by atoms with Gasteiger partial charge in [0.05, 0.1) is 14.2 Å². The number of para-hydroxylation sites is 1. The van der Waals surface area contributed by atoms with E-state index >= 15 is 0 Å². The van der Waals surface area contributed by atoms with Gasteiger partial charge in [-0.05, 0) is 12.1 Å². The number of nitrogens with zero attached hydrogens (tertiary/aromatic N) is 4. The van der Waals surface area contributed by atoms with E-state index in [0.717, 1.165) is 0 Å². The standard InChI is InChI=1S/C13H13N5O2S.C2H6/c1-19-8-4-3-5-9(20-2)10(8)18-11(16-17-13(18)14)12-15-6-7-21-12;1-2/h3-7H,1-2H3,(H2,14,17);1-2H3. The molecular formula is C15H19N5O2S. The van der Waals surface area contributed by atoms with Gasteiger partial charge in [-0.1, -0.05) is 19.9 Å². The summed E-state index contributed by atoms with van der Waals surface area (Å²) in [5.41, 5.74) is 6.63. The molecule has 2 heterocycles. The number of nitrogens with two attached hydrogens (primary N) is 1. The molecule has 1 aromatic carbocycles. The van der Waals surface area contributed by atoms with E-state index in [-0.39, 0.29) is 5.95 Å². The largest absolute Gasteiger partial charge is 0.494 e. The molecule has 2 N–H and O–H groups in total. The molecule has 2 aromatic heterocycles. The fraction of sp³-hybridized carbons (Fsp3) is 0.267. The van der Waals surface area contributed by atoms with Crippen LogP contribution >= 0.6 is 11.3 Å². The van der Waals surface area contributed by atoms with E-state index in [1.807, 2.05) is 37.4 Å². The average molecular weight is 333 g/mol. The molecule has 0 saturated heterocycles. The van der Waals surface area contributed by atoms with Crippen LogP contribution in [0.5, 0.6) is 11.5 Å². The van der Waals surface area contributed by atoms with Crippen LogP contribution in [0.2, 0.25) is 0 Å². The SMILES string of the molecule is CC.COc1cccc(OC)c1-n1c(N)nnc1-c1nccs1. The number of hydrogen-bond acceptors (Lipinski definition) is 7. The van der Waals surface area contributed by atoms with Crippen molar-refractivity contribution in [2.45, 2.75) is 13.8 Å². The molecule has 0 radical (unpaired) electrons. The molecule has 0 unspecified atom stereocenters. The maximum atomic E-state index is 5.98. The zero-order chi connectivity index (χ0) is 16.8. The third-order valence-corrected chi connectivity index (χ3v) is 3.71. The number of aromatic nitrogens is 4. The predicted molar refractivity (Wildman–Crippen MR) is 91.3 cm³/mol. The Morgan fingerprint density at radius 3 is 2.26 bits per heavy atom. The van der Waals surface area contributed by atoms with Crippen molar-refractivity contribution in [2.24, 2.45) is 0 Å². The van der Waals surface area contributed by atoms with E-state index in [0.29, 0.717) is 28.0 Å². The minimum absolute atomic E-state index is 0.239. The Morgan fingerprint density at radius 1 is 1.09 bits per heavy atom. The molecule has 3 rings (SSSR count). The summed E-state index contributed by atoms with van der Waals surface area (Å²) in [5, 5.41) is 10.6. The van der Waals surface area contributed by atoms with Crippen LogP contribution in [0.25, 0.3) is 16.5 Å². The highest BCUT2D eigenvalue weighted by Crippen LogP contribution is 2.36. The van der Waals surface area contributed by atoms with Crippen LogP contribution in [-0.4, -0.2) is 34.0 Å². The zero-order valence-electron chi connectivity index (χ0n) is 13.5. The summed E-state index contributed by atoms with van der Waals surface area (Å²) >= 11 is 1.45. The van der Waals surface area contributed by atoms with Crippen molar-refractivity contribution < 1.29 is 9.47 Å². The van der Waals surface area contributed by atoms with Gasteiger partial charge >= 0.3 is 0 Å². The van der Waals surface area contributed by atoms with E-state index in [1.165, 1.54) is 11.3 Å². The Morgan fingerprint density at radius 2 is 1.74 bits per heavy atom. The second kappa shape index (κ2) is 7.59. The summed E-state index contributed by atoms with van der Waals surface area (Å²) in [6.07, 6.45) is 1.70. The van der Waals surface area contributed by atoms with Crippen LogP contribution < -0.4 is 15.2 Å². The summed E-state index contributed by atoms with van der Waals surface area (Å²) in [5.74, 6) is 2.01. The predicted octanol–water partition coefficient (Wildman–Crippen LogP) is 3.02. The van der Waals surface area contributed by atoms with Gasteiger partial charge in [-0.3, -0.25) is 4.57 Å². The average Bonchev–Trinajstić information content (AvgIpc) is 3.25. The van der Waals surface area contributed by atoms with E-state index < -0.39 is 0 Å². The summed E-state index contributed by atoms with van der Waals surface area (Å²) in [6.45, 7) is 4.00. The van der Waals surface area contributed by atoms with Gasteiger partial charge in [-0.15, -0.1) is 21.5 Å². The van der Waals surface area contributed by atoms with Gasteiger partial charge in [0.25, 0.3) is 0 Å². The van der Waals surface area contributed by atoms with Crippen LogP contribution in [0, 0.1) is 0 Å². The summed E-state index contributed by atoms with van der Waals surface area (Å²) < 4.78 is 12.5. The van der Waals surface area contributed by atoms with Crippen LogP contribution in [0.15, 0.2) is 29.8 Å². The molecule has 0 atom stereocenters. The molecule has 0 aliphatic carbocycles. The lowest BCUT2D eigenvalue weighted by Gasteiger charge is -2.15. The Balaban J connectivity index is 0.000000924. The van der Waals surface area contributed by atoms with Gasteiger partial charge in [0.2, 0.25) is 5.95 Å². The number of nitrogen functional groups attached to an aromatic ring is 1. The molecule has 122 valence electrons. The molecule has 0 bridgehead atoms. The molecule has 0 fully saturated rings. The third kappa shape index (κ3) is 3.11. The fourth-order valence-corrected chi connectivity index (χ4v) is 2.65. The minimum Gasteiger partial charge on any atom is -0.494 e. The van der Waals surface area contributed by atoms with Crippen molar-refractivity contribution in [1.29, 1.82) is 0 Å². The first-order valence-corrected chi connectivity index (χ1v) is 7.96. The Hall–Kier alpha value is -2.61. The second-order valence-corrected chi connectivity index (χ2v) is 4.96. The first kappa shape index (κ1) is 16.8. The summed E-state index contributed by atoms with van der Waals surface area (Å²) in [7, 11) is 3.17. The molecule has 0 aliphatic heterocycles. The molecular weight excluding hydrogens is 314 g/mol. The van der Waals surface area contributed by atoms with Gasteiger partial charge in [-0.25, -0.2) is 4.98 Å². The number of methoxy groups -OCH3 is 2. The second-order valence-electron chi connectivity index (χ2n) is 4.07. The Bertz CT molecular complexity index is 733. The monoisotopic (exact) mass is 333 g/mol. The topological polar surface area (TPSA) is 88.1 Å². The number of hydrogen-bond donors (Lipinski definition) is 1. The van der Waals surface area contributed by atoms with Crippen LogP contribution in [0.1, 0.15) is 13.8 Å². The maximum absolute atomic E-state index is 5.98. The summed E-state index contributed by atoms with van der Waals surface area (Å²) in [4.78, 5) is 4.25. The van der Waals surface area contributed by atoms with Crippen LogP contribution in [-0.2, 0) is 0 Å². The normalized spacial score (nSPS) is 9.91. The first-order chi connectivity index (χ1) is 11.3. The van der Waals surface area contributed by atoms with Gasteiger partial charge in [0.15, 0.2) is 10.8 Å². The van der Waals surface area contributed by atoms with Crippen molar-refractivity contribution >= 4 is 17.3 Å². The van der Waals surface area contributed by atoms with Crippen molar-refractivity contribution in [2.75, 3.05) is 20.0 Å². The lowest BCUT2D eigenvalue weighted by Crippen LogP contribution is -2.06. The third-order valence-electron chi connectivity index (χ3n) is 2.94. The van der Waals surface area contributed by atoms with E-state index in [2.05, 4.69) is 15.2 Å². The minimum atomic E-state index is 0.239. The van der Waals surface area contributed by atoms with E-state index in [9.17, 15) is 0 Å². The molecule has 3 aromatic rings. The molecule has 0 spiro atoms. The van der Waals surface area contributed by atoms with Gasteiger partial charge in [0.1, 0.15) is 17.2 Å². The molecule has 0 saturated carbocycles. The molecule has 0 amide bonds. The van der Waals surface area contributed by atoms with Gasteiger partial charge < -0.3 is 15.2 Å². The first-order valence-electron chi connectivity index (χ1n) is 7.08. The van der Waals surface area contributed by atoms with Crippen molar-refractivity contribution in [1.82, 2.24) is 19.7 Å². The zero-order valence-corrected chi connectivity index (χ0v) is 14.3. The lowest BCUT2D eigenvalue weighted by atomic mass is 10.2. The highest BCUT2D eigenvalue weighted by Gasteiger charge is 2.21. The highest BCUT2D eigenvalue weighted by atomic mass is 32.1. The lowest BCUT2D eigenvalue weighted by molar-refractivity contribution is 0.391. The van der Waals surface area contributed by atoms with Gasteiger partial charge in [0, 0.05) is 11.6 Å². The van der Waals surface area contributed by atoms with E-state index in [4.69, 9.17) is 15.2 Å². The highest BCUT2D eigenvalue weighted by molar-refractivity contribution is 7.13. The van der Waals surface area contributed by atoms with E-state index in [1.54, 1.807) is 25.0 Å². The van der Waals surface area contributed by atoms with Crippen molar-refractivity contribution in [3.8, 4) is 28.0 Å². The molecule has 8 heteroatoms. The van der Waals surface area contributed by atoms with Gasteiger partial charge in [-0.2, -0.15) is 0 Å². The number of rotatable bonds is 4. The molecule has 7 nitrogen and oxygen atoms in total. The fourth-order valence-electron chi connectivity index (χ4n) is 2.04. The Kier molecular flexibility index (Phi) is 5.53. The number of ether oxygens (including phenoxy) is 2. The molecule has 23 heavy (non-hydrogen) atoms. The maximum Gasteiger partial charge on any atom is 0.227 e. The number of anilines is 1. The Labute approximate surface area is 138 Å². The quantitative estimate of drug-likeness (QED) is 0.789. The van der Waals surface area contributed by atoms with Crippen molar-refractivity contribution in [3.05, 3.63) is 29.8 Å². The van der Waals surface area contributed by atoms with Crippen molar-refractivity contribution in [3.63, 3.8) is 0 Å². The number of benzene rings is 1. The summed E-state index contributed by atoms with van der Waals surface area (Å²) in [6, 6.07) is 5.48. The number of thiazole rings is 1. The van der Waals surface area contributed by atoms with Crippen LogP contribution in [0.4, 0.5) is 5.95 Å².